The minimum absolute atomic E-state index is 0.389. The molecule has 0 unspecified atom stereocenters. The van der Waals surface area contributed by atoms with Crippen molar-refractivity contribution in [3.05, 3.63) is 40.7 Å². The first-order valence-electron chi connectivity index (χ1n) is 5.51. The largest absolute Gasteiger partial charge is 0.469 e. The van der Waals surface area contributed by atoms with Crippen LogP contribution in [-0.2, 0) is 6.61 Å². The van der Waals surface area contributed by atoms with Gasteiger partial charge in [-0.3, -0.25) is 0 Å². The summed E-state index contributed by atoms with van der Waals surface area (Å²) in [4.78, 5) is 8.73. The normalized spacial score (nSPS) is 14.9. The Hall–Kier alpha value is -1.36. The molecule has 2 aromatic heterocycles. The molecule has 0 spiro atoms. The summed E-state index contributed by atoms with van der Waals surface area (Å²) < 4.78 is 11.5. The van der Waals surface area contributed by atoms with E-state index < -0.39 is 0 Å². The number of hydrogen-bond donors (Lipinski definition) is 0. The first-order valence-corrected chi connectivity index (χ1v) is 6.30. The lowest BCUT2D eigenvalue weighted by Gasteiger charge is -2.05. The molecule has 0 saturated heterocycles. The second kappa shape index (κ2) is 4.49. The van der Waals surface area contributed by atoms with Crippen molar-refractivity contribution >= 4 is 15.9 Å². The summed E-state index contributed by atoms with van der Waals surface area (Å²) in [6, 6.07) is 5.48. The van der Waals surface area contributed by atoms with Crippen LogP contribution in [0.2, 0.25) is 0 Å². The first kappa shape index (κ1) is 10.8. The quantitative estimate of drug-likeness (QED) is 0.812. The summed E-state index contributed by atoms with van der Waals surface area (Å²) in [5.41, 5.74) is 0. The molecule has 0 bridgehead atoms. The molecule has 0 amide bonds. The van der Waals surface area contributed by atoms with Crippen LogP contribution in [0, 0.1) is 0 Å². The van der Waals surface area contributed by atoms with Gasteiger partial charge in [0.15, 0.2) is 0 Å². The van der Waals surface area contributed by atoms with Gasteiger partial charge in [0.25, 0.3) is 0 Å². The van der Waals surface area contributed by atoms with Gasteiger partial charge in [0.05, 0.1) is 6.26 Å². The maximum absolute atomic E-state index is 5.57. The lowest BCUT2D eigenvalue weighted by molar-refractivity contribution is 0.259. The molecule has 2 heterocycles. The number of nitrogens with zero attached hydrogens (tertiary/aromatic N) is 2. The predicted molar refractivity (Wildman–Crippen MR) is 64.7 cm³/mol. The molecule has 88 valence electrons. The van der Waals surface area contributed by atoms with Crippen LogP contribution in [0.4, 0.5) is 0 Å². The Bertz CT molecular complexity index is 509. The van der Waals surface area contributed by atoms with Crippen LogP contribution in [-0.4, -0.2) is 9.97 Å². The zero-order valence-corrected chi connectivity index (χ0v) is 10.7. The van der Waals surface area contributed by atoms with Crippen LogP contribution >= 0.6 is 15.9 Å². The van der Waals surface area contributed by atoms with E-state index >= 15 is 0 Å². The highest BCUT2D eigenvalue weighted by Crippen LogP contribution is 2.39. The van der Waals surface area contributed by atoms with Gasteiger partial charge in [-0.2, -0.15) is 4.98 Å². The molecule has 0 atom stereocenters. The molecule has 3 rings (SSSR count). The highest BCUT2D eigenvalue weighted by atomic mass is 79.9. The second-order valence-corrected chi connectivity index (χ2v) is 4.84. The fraction of sp³-hybridized carbons (Fsp3) is 0.333. The van der Waals surface area contributed by atoms with E-state index in [1.54, 1.807) is 12.3 Å². The number of rotatable bonds is 4. The van der Waals surface area contributed by atoms with E-state index in [4.69, 9.17) is 9.15 Å². The zero-order chi connectivity index (χ0) is 11.7. The van der Waals surface area contributed by atoms with Crippen molar-refractivity contribution in [2.45, 2.75) is 25.4 Å². The summed E-state index contributed by atoms with van der Waals surface area (Å²) in [5.74, 6) is 2.75. The van der Waals surface area contributed by atoms with Gasteiger partial charge in [0, 0.05) is 12.0 Å². The Kier molecular flexibility index (Phi) is 2.84. The number of halogens is 1. The minimum Gasteiger partial charge on any atom is -0.469 e. The fourth-order valence-electron chi connectivity index (χ4n) is 1.55. The summed E-state index contributed by atoms with van der Waals surface area (Å²) in [5, 5.41) is 0. The molecule has 5 heteroatoms. The Morgan fingerprint density at radius 2 is 2.29 bits per heavy atom. The van der Waals surface area contributed by atoms with Crippen LogP contribution in [0.3, 0.4) is 0 Å². The van der Waals surface area contributed by atoms with E-state index in [2.05, 4.69) is 25.9 Å². The third-order valence-corrected chi connectivity index (χ3v) is 2.98. The van der Waals surface area contributed by atoms with Crippen LogP contribution in [0.5, 0.6) is 5.88 Å². The minimum atomic E-state index is 0.389. The van der Waals surface area contributed by atoms with Gasteiger partial charge in [-0.25, -0.2) is 4.98 Å². The van der Waals surface area contributed by atoms with Crippen LogP contribution in [0.25, 0.3) is 0 Å². The third-order valence-electron chi connectivity index (χ3n) is 2.57. The molecule has 2 aromatic rings. The highest BCUT2D eigenvalue weighted by Gasteiger charge is 2.27. The lowest BCUT2D eigenvalue weighted by atomic mass is 10.4. The van der Waals surface area contributed by atoms with Crippen molar-refractivity contribution in [2.75, 3.05) is 0 Å². The summed E-state index contributed by atoms with van der Waals surface area (Å²) in [7, 11) is 0. The number of aromatic nitrogens is 2. The van der Waals surface area contributed by atoms with Crippen molar-refractivity contribution in [3.63, 3.8) is 0 Å². The number of furan rings is 1. The monoisotopic (exact) mass is 294 g/mol. The van der Waals surface area contributed by atoms with Gasteiger partial charge in [-0.15, -0.1) is 0 Å². The molecule has 0 radical (unpaired) electrons. The molecular formula is C12H11BrN2O2. The van der Waals surface area contributed by atoms with Crippen molar-refractivity contribution in [3.8, 4) is 5.88 Å². The molecule has 1 fully saturated rings. The Labute approximate surface area is 107 Å². The molecule has 1 aliphatic rings. The molecular weight excluding hydrogens is 284 g/mol. The van der Waals surface area contributed by atoms with E-state index in [0.29, 0.717) is 18.4 Å². The van der Waals surface area contributed by atoms with Crippen molar-refractivity contribution in [1.82, 2.24) is 9.97 Å². The SMILES string of the molecule is Brc1cc(OCc2ccco2)nc(C2CC2)n1. The molecule has 0 N–H and O–H groups in total. The smallest absolute Gasteiger partial charge is 0.218 e. The van der Waals surface area contributed by atoms with Crippen LogP contribution in [0.15, 0.2) is 33.5 Å². The number of ether oxygens (including phenoxy) is 1. The maximum Gasteiger partial charge on any atom is 0.218 e. The van der Waals surface area contributed by atoms with Crippen molar-refractivity contribution in [2.24, 2.45) is 0 Å². The van der Waals surface area contributed by atoms with Crippen LogP contribution < -0.4 is 4.74 Å². The van der Waals surface area contributed by atoms with E-state index in [0.717, 1.165) is 16.2 Å². The molecule has 0 aliphatic heterocycles. The van der Waals surface area contributed by atoms with E-state index in [9.17, 15) is 0 Å². The first-order chi connectivity index (χ1) is 8.31. The highest BCUT2D eigenvalue weighted by molar-refractivity contribution is 9.10. The van der Waals surface area contributed by atoms with E-state index in [1.165, 1.54) is 12.8 Å². The summed E-state index contributed by atoms with van der Waals surface area (Å²) >= 11 is 3.37. The van der Waals surface area contributed by atoms with Gasteiger partial charge < -0.3 is 9.15 Å². The van der Waals surface area contributed by atoms with Crippen molar-refractivity contribution in [1.29, 1.82) is 0 Å². The molecule has 1 saturated carbocycles. The second-order valence-electron chi connectivity index (χ2n) is 4.03. The van der Waals surface area contributed by atoms with Gasteiger partial charge in [-0.05, 0) is 40.9 Å². The zero-order valence-electron chi connectivity index (χ0n) is 9.10. The average molecular weight is 295 g/mol. The maximum atomic E-state index is 5.57. The van der Waals surface area contributed by atoms with E-state index in [1.807, 2.05) is 12.1 Å². The lowest BCUT2D eigenvalue weighted by Crippen LogP contribution is -2.00. The van der Waals surface area contributed by atoms with Gasteiger partial charge in [0.1, 0.15) is 22.8 Å². The van der Waals surface area contributed by atoms with Gasteiger partial charge >= 0.3 is 0 Å². The number of hydrogen-bond acceptors (Lipinski definition) is 4. The Morgan fingerprint density at radius 3 is 3.00 bits per heavy atom. The van der Waals surface area contributed by atoms with E-state index in [-0.39, 0.29) is 0 Å². The molecule has 1 aliphatic carbocycles. The van der Waals surface area contributed by atoms with Gasteiger partial charge in [0.2, 0.25) is 5.88 Å². The van der Waals surface area contributed by atoms with Crippen LogP contribution in [0.1, 0.15) is 30.3 Å². The molecule has 0 aromatic carbocycles. The third kappa shape index (κ3) is 2.66. The molecule has 17 heavy (non-hydrogen) atoms. The Morgan fingerprint density at radius 1 is 1.41 bits per heavy atom. The Balaban J connectivity index is 1.73. The standard InChI is InChI=1S/C12H11BrN2O2/c13-10-6-11(15-12(14-10)8-3-4-8)17-7-9-2-1-5-16-9/h1-2,5-6,8H,3-4,7H2. The molecule has 4 nitrogen and oxygen atoms in total. The average Bonchev–Trinajstić information content (AvgIpc) is 3.04. The van der Waals surface area contributed by atoms with Crippen molar-refractivity contribution < 1.29 is 9.15 Å². The van der Waals surface area contributed by atoms with Gasteiger partial charge in [-0.1, -0.05) is 0 Å². The fourth-order valence-corrected chi connectivity index (χ4v) is 1.93. The predicted octanol–water partition coefficient (Wildman–Crippen LogP) is 3.29. The topological polar surface area (TPSA) is 48.2 Å². The summed E-state index contributed by atoms with van der Waals surface area (Å²) in [6.07, 6.45) is 3.98. The summed E-state index contributed by atoms with van der Waals surface area (Å²) in [6.45, 7) is 0.389.